The van der Waals surface area contributed by atoms with Crippen molar-refractivity contribution >= 4 is 21.6 Å². The normalized spacial score (nSPS) is 12.7. The van der Waals surface area contributed by atoms with Gasteiger partial charge in [-0.25, -0.2) is 0 Å². The molecule has 0 radical (unpaired) electrons. The van der Waals surface area contributed by atoms with E-state index in [1.807, 2.05) is 21.6 Å². The van der Waals surface area contributed by atoms with Crippen molar-refractivity contribution < 1.29 is 9.47 Å². The quantitative estimate of drug-likeness (QED) is 0.219. The topological polar surface area (TPSA) is 18.5 Å². The van der Waals surface area contributed by atoms with Crippen LogP contribution in [0.5, 0.6) is 11.5 Å². The van der Waals surface area contributed by atoms with Crippen molar-refractivity contribution in [1.29, 1.82) is 0 Å². The second-order valence-corrected chi connectivity index (χ2v) is 11.0. The number of hydrogen-bond donors (Lipinski definition) is 0. The molecule has 174 valence electrons. The van der Waals surface area contributed by atoms with Gasteiger partial charge in [0, 0.05) is 21.6 Å². The van der Waals surface area contributed by atoms with E-state index in [0.717, 1.165) is 11.5 Å². The average Bonchev–Trinajstić information content (AvgIpc) is 2.91. The van der Waals surface area contributed by atoms with Crippen LogP contribution < -0.4 is 9.47 Å². The molecule has 0 aromatic heterocycles. The van der Waals surface area contributed by atoms with Gasteiger partial charge in [0.1, 0.15) is 11.5 Å². The summed E-state index contributed by atoms with van der Waals surface area (Å²) in [6.45, 7) is 4.52. The number of ether oxygens (including phenoxy) is 2. The van der Waals surface area contributed by atoms with Gasteiger partial charge in [0.25, 0.3) is 0 Å². The molecule has 0 saturated carbocycles. The van der Waals surface area contributed by atoms with E-state index in [2.05, 4.69) is 111 Å². The Morgan fingerprint density at radius 1 is 0.500 bits per heavy atom. The second kappa shape index (κ2) is 11.5. The van der Waals surface area contributed by atoms with Crippen molar-refractivity contribution in [3.63, 3.8) is 0 Å². The molecule has 0 N–H and O–H groups in total. The van der Waals surface area contributed by atoms with Crippen LogP contribution in [0.3, 0.4) is 0 Å². The molecule has 0 amide bonds. The van der Waals surface area contributed by atoms with Crippen LogP contribution in [0.4, 0.5) is 0 Å². The van der Waals surface area contributed by atoms with Gasteiger partial charge in [0.15, 0.2) is 0 Å². The highest BCUT2D eigenvalue weighted by Crippen LogP contribution is 2.52. The Hall–Kier alpha value is -2.82. The molecule has 0 aliphatic heterocycles. The fourth-order valence-corrected chi connectivity index (χ4v) is 6.87. The Morgan fingerprint density at radius 3 is 1.24 bits per heavy atom. The molecule has 0 spiro atoms. The van der Waals surface area contributed by atoms with Crippen molar-refractivity contribution in [1.82, 2.24) is 0 Å². The molecule has 2 nitrogen and oxygen atoms in total. The van der Waals surface area contributed by atoms with Crippen LogP contribution in [0.2, 0.25) is 0 Å². The fourth-order valence-electron chi connectivity index (χ4n) is 4.28. The third-order valence-electron chi connectivity index (χ3n) is 5.90. The number of benzene rings is 4. The van der Waals surface area contributed by atoms with E-state index in [4.69, 9.17) is 9.47 Å². The molecule has 0 fully saturated rings. The summed E-state index contributed by atoms with van der Waals surface area (Å²) in [5.74, 6) is 1.86. The van der Waals surface area contributed by atoms with Gasteiger partial charge in [-0.15, -0.1) is 0 Å². The summed E-state index contributed by atoms with van der Waals surface area (Å²) in [4.78, 5) is 0. The highest BCUT2D eigenvalue weighted by atomic mass is 33.1. The van der Waals surface area contributed by atoms with E-state index in [-0.39, 0.29) is 10.5 Å². The predicted molar refractivity (Wildman–Crippen MR) is 149 cm³/mol. The number of hydrogen-bond acceptors (Lipinski definition) is 4. The lowest BCUT2D eigenvalue weighted by atomic mass is 9.97. The summed E-state index contributed by atoms with van der Waals surface area (Å²) in [6, 6.07) is 33.7. The summed E-state index contributed by atoms with van der Waals surface area (Å²) in [5.41, 5.74) is 7.30. The van der Waals surface area contributed by atoms with Gasteiger partial charge in [0.05, 0.1) is 14.2 Å². The molecule has 2 atom stereocenters. The highest BCUT2D eigenvalue weighted by molar-refractivity contribution is 8.76. The number of methoxy groups -OCH3 is 2. The van der Waals surface area contributed by atoms with Crippen LogP contribution in [0.1, 0.15) is 35.5 Å². The number of rotatable bonds is 9. The van der Waals surface area contributed by atoms with Gasteiger partial charge in [-0.3, -0.25) is 0 Å². The first-order valence-corrected chi connectivity index (χ1v) is 13.7. The monoisotopic (exact) mass is 486 g/mol. The van der Waals surface area contributed by atoms with Crippen LogP contribution in [0.25, 0.3) is 22.3 Å². The van der Waals surface area contributed by atoms with E-state index in [0.29, 0.717) is 0 Å². The first-order chi connectivity index (χ1) is 16.6. The average molecular weight is 487 g/mol. The maximum Gasteiger partial charge on any atom is 0.123 e. The van der Waals surface area contributed by atoms with Crippen molar-refractivity contribution in [3.8, 4) is 33.8 Å². The molecule has 4 rings (SSSR count). The Balaban J connectivity index is 1.63. The molecule has 0 aliphatic rings. The van der Waals surface area contributed by atoms with Gasteiger partial charge < -0.3 is 9.47 Å². The summed E-state index contributed by atoms with van der Waals surface area (Å²) in [6.07, 6.45) is 0. The SMILES string of the molecule is COc1cccc(-c2ccccc2)c1[C@@H](C)SS[C@H](C)c1c(OC)cccc1-c1ccccc1. The largest absolute Gasteiger partial charge is 0.496 e. The molecule has 0 aliphatic carbocycles. The Labute approximate surface area is 211 Å². The summed E-state index contributed by atoms with van der Waals surface area (Å²) < 4.78 is 11.6. The van der Waals surface area contributed by atoms with E-state index >= 15 is 0 Å². The molecule has 34 heavy (non-hydrogen) atoms. The van der Waals surface area contributed by atoms with Crippen LogP contribution in [0, 0.1) is 0 Å². The minimum Gasteiger partial charge on any atom is -0.496 e. The predicted octanol–water partition coefficient (Wildman–Crippen LogP) is 9.24. The molecule has 0 bridgehead atoms. The molecule has 0 unspecified atom stereocenters. The lowest BCUT2D eigenvalue weighted by Gasteiger charge is -2.23. The van der Waals surface area contributed by atoms with Crippen molar-refractivity contribution in [3.05, 3.63) is 108 Å². The Kier molecular flexibility index (Phi) is 8.25. The van der Waals surface area contributed by atoms with Crippen molar-refractivity contribution in [2.24, 2.45) is 0 Å². The smallest absolute Gasteiger partial charge is 0.123 e. The molecule has 4 heteroatoms. The van der Waals surface area contributed by atoms with Crippen LogP contribution in [-0.4, -0.2) is 14.2 Å². The molecular weight excluding hydrogens is 456 g/mol. The van der Waals surface area contributed by atoms with Gasteiger partial charge >= 0.3 is 0 Å². The minimum atomic E-state index is 0.230. The highest BCUT2D eigenvalue weighted by Gasteiger charge is 2.22. The van der Waals surface area contributed by atoms with E-state index in [1.54, 1.807) is 14.2 Å². The third kappa shape index (κ3) is 5.29. The van der Waals surface area contributed by atoms with Gasteiger partial charge in [0.2, 0.25) is 0 Å². The summed E-state index contributed by atoms with van der Waals surface area (Å²) in [7, 11) is 7.25. The lowest BCUT2D eigenvalue weighted by Crippen LogP contribution is -1.99. The van der Waals surface area contributed by atoms with Crippen molar-refractivity contribution in [2.75, 3.05) is 14.2 Å². The third-order valence-corrected chi connectivity index (χ3v) is 9.12. The zero-order valence-electron chi connectivity index (χ0n) is 20.0. The Morgan fingerprint density at radius 2 is 0.882 bits per heavy atom. The summed E-state index contributed by atoms with van der Waals surface area (Å²) in [5, 5.41) is 0.461. The van der Waals surface area contributed by atoms with E-state index in [9.17, 15) is 0 Å². The fraction of sp³-hybridized carbons (Fsp3) is 0.200. The second-order valence-electron chi connectivity index (χ2n) is 8.05. The standard InChI is InChI=1S/C30H30O2S2/c1-21(29-25(17-11-19-27(29)31-3)23-13-7-5-8-14-23)33-34-22(2)30-26(18-12-20-28(30)32-4)24-15-9-6-10-16-24/h5-22H,1-4H3/t21-,22-/m1/s1. The lowest BCUT2D eigenvalue weighted by molar-refractivity contribution is 0.410. The molecule has 4 aromatic rings. The van der Waals surface area contributed by atoms with Crippen molar-refractivity contribution in [2.45, 2.75) is 24.3 Å². The minimum absolute atomic E-state index is 0.230. The van der Waals surface area contributed by atoms with Gasteiger partial charge in [-0.05, 0) is 48.2 Å². The van der Waals surface area contributed by atoms with Gasteiger partial charge in [-0.1, -0.05) is 107 Å². The summed E-state index contributed by atoms with van der Waals surface area (Å²) >= 11 is 0. The molecule has 0 heterocycles. The van der Waals surface area contributed by atoms with E-state index < -0.39 is 0 Å². The first-order valence-electron chi connectivity index (χ1n) is 11.4. The maximum atomic E-state index is 5.79. The molecular formula is C30H30O2S2. The van der Waals surface area contributed by atoms with Crippen LogP contribution >= 0.6 is 21.6 Å². The van der Waals surface area contributed by atoms with E-state index in [1.165, 1.54) is 33.4 Å². The zero-order chi connectivity index (χ0) is 23.9. The molecule has 4 aromatic carbocycles. The molecule has 0 saturated heterocycles. The maximum absolute atomic E-state index is 5.79. The van der Waals surface area contributed by atoms with Crippen LogP contribution in [-0.2, 0) is 0 Å². The van der Waals surface area contributed by atoms with Crippen LogP contribution in [0.15, 0.2) is 97.1 Å². The zero-order valence-corrected chi connectivity index (χ0v) is 21.7. The first kappa shape index (κ1) is 24.3. The Bertz CT molecular complexity index is 1110. The van der Waals surface area contributed by atoms with Gasteiger partial charge in [-0.2, -0.15) is 0 Å².